The Labute approximate surface area is 159 Å². The smallest absolute Gasteiger partial charge is 0.243 e. The van der Waals surface area contributed by atoms with Crippen LogP contribution in [-0.2, 0) is 21.4 Å². The average molecular weight is 394 g/mol. The number of benzene rings is 2. The van der Waals surface area contributed by atoms with Gasteiger partial charge in [0.15, 0.2) is 0 Å². The Morgan fingerprint density at radius 2 is 1.81 bits per heavy atom. The van der Waals surface area contributed by atoms with Gasteiger partial charge in [-0.15, -0.1) is 0 Å². The van der Waals surface area contributed by atoms with Gasteiger partial charge in [0, 0.05) is 12.1 Å². The highest BCUT2D eigenvalue weighted by Gasteiger charge is 2.29. The van der Waals surface area contributed by atoms with Crippen LogP contribution in [0.3, 0.4) is 0 Å². The number of halogens is 1. The Morgan fingerprint density at radius 1 is 1.19 bits per heavy atom. The first-order valence-electron chi connectivity index (χ1n) is 8.47. The second-order valence-electron chi connectivity index (χ2n) is 5.97. The second kappa shape index (κ2) is 8.85. The summed E-state index contributed by atoms with van der Waals surface area (Å²) in [6.45, 7) is 4.03. The minimum atomic E-state index is -3.75. The molecule has 146 valence electrons. The number of anilines is 1. The highest BCUT2D eigenvalue weighted by Crippen LogP contribution is 2.22. The van der Waals surface area contributed by atoms with E-state index in [1.165, 1.54) is 19.1 Å². The normalized spacial score (nSPS) is 12.3. The van der Waals surface area contributed by atoms with Gasteiger partial charge in [0.25, 0.3) is 0 Å². The third kappa shape index (κ3) is 5.43. The Morgan fingerprint density at radius 3 is 2.41 bits per heavy atom. The second-order valence-corrected chi connectivity index (χ2v) is 7.83. The molecular weight excluding hydrogens is 371 g/mol. The SMILES string of the molecule is CCOc1ccccc1CNC(=O)[C@H](C)N(c1ccc(F)cc1)S(C)(=O)=O. The molecule has 2 aromatic rings. The molecule has 0 aliphatic rings. The van der Waals surface area contributed by atoms with Crippen LogP contribution < -0.4 is 14.4 Å². The molecule has 0 spiro atoms. The van der Waals surface area contributed by atoms with E-state index in [4.69, 9.17) is 4.74 Å². The lowest BCUT2D eigenvalue weighted by Gasteiger charge is -2.28. The van der Waals surface area contributed by atoms with Crippen molar-refractivity contribution in [1.82, 2.24) is 5.32 Å². The first-order chi connectivity index (χ1) is 12.7. The predicted molar refractivity (Wildman–Crippen MR) is 103 cm³/mol. The molecule has 0 saturated carbocycles. The molecule has 0 aromatic heterocycles. The van der Waals surface area contributed by atoms with Crippen LogP contribution >= 0.6 is 0 Å². The van der Waals surface area contributed by atoms with E-state index >= 15 is 0 Å². The van der Waals surface area contributed by atoms with Crippen molar-refractivity contribution in [3.05, 3.63) is 59.9 Å². The first kappa shape index (κ1) is 20.7. The third-order valence-electron chi connectivity index (χ3n) is 3.90. The largest absolute Gasteiger partial charge is 0.494 e. The fraction of sp³-hybridized carbons (Fsp3) is 0.316. The van der Waals surface area contributed by atoms with Crippen LogP contribution in [0, 0.1) is 5.82 Å². The zero-order valence-electron chi connectivity index (χ0n) is 15.5. The quantitative estimate of drug-likeness (QED) is 0.747. The highest BCUT2D eigenvalue weighted by molar-refractivity contribution is 7.92. The monoisotopic (exact) mass is 394 g/mol. The summed E-state index contributed by atoms with van der Waals surface area (Å²) >= 11 is 0. The molecule has 0 fully saturated rings. The number of carbonyl (C=O) groups excluding carboxylic acids is 1. The predicted octanol–water partition coefficient (Wildman–Crippen LogP) is 2.70. The maximum atomic E-state index is 13.2. The van der Waals surface area contributed by atoms with Crippen LogP contribution in [0.15, 0.2) is 48.5 Å². The van der Waals surface area contributed by atoms with Crippen molar-refractivity contribution in [2.24, 2.45) is 0 Å². The number of amides is 1. The lowest BCUT2D eigenvalue weighted by atomic mass is 10.2. The van der Waals surface area contributed by atoms with Crippen molar-refractivity contribution in [1.29, 1.82) is 0 Å². The van der Waals surface area contributed by atoms with Gasteiger partial charge in [0.1, 0.15) is 17.6 Å². The fourth-order valence-electron chi connectivity index (χ4n) is 2.67. The summed E-state index contributed by atoms with van der Waals surface area (Å²) in [7, 11) is -3.75. The molecule has 0 aliphatic heterocycles. The molecule has 0 saturated heterocycles. The molecule has 0 radical (unpaired) electrons. The van der Waals surface area contributed by atoms with Crippen molar-refractivity contribution < 1.29 is 22.3 Å². The maximum absolute atomic E-state index is 13.2. The molecule has 0 aliphatic carbocycles. The van der Waals surface area contributed by atoms with E-state index < -0.39 is 27.8 Å². The van der Waals surface area contributed by atoms with E-state index in [-0.39, 0.29) is 12.2 Å². The molecule has 0 heterocycles. The van der Waals surface area contributed by atoms with Crippen LogP contribution in [0.4, 0.5) is 10.1 Å². The number of para-hydroxylation sites is 1. The summed E-state index contributed by atoms with van der Waals surface area (Å²) < 4.78 is 44.1. The number of hydrogen-bond acceptors (Lipinski definition) is 4. The number of nitrogens with one attached hydrogen (secondary N) is 1. The molecule has 27 heavy (non-hydrogen) atoms. The Bertz CT molecular complexity index is 885. The summed E-state index contributed by atoms with van der Waals surface area (Å²) in [6.07, 6.45) is 1.00. The van der Waals surface area contributed by atoms with Gasteiger partial charge in [-0.2, -0.15) is 0 Å². The standard InChI is InChI=1S/C19H23FN2O4S/c1-4-26-18-8-6-5-7-15(18)13-21-19(23)14(2)22(27(3,24)25)17-11-9-16(20)10-12-17/h5-12,14H,4,13H2,1-3H3,(H,21,23)/t14-/m0/s1. The zero-order chi connectivity index (χ0) is 20.0. The summed E-state index contributed by atoms with van der Waals surface area (Å²) in [5, 5.41) is 2.73. The lowest BCUT2D eigenvalue weighted by Crippen LogP contribution is -2.47. The van der Waals surface area contributed by atoms with Gasteiger partial charge in [-0.25, -0.2) is 12.8 Å². The molecule has 0 bridgehead atoms. The number of hydrogen-bond donors (Lipinski definition) is 1. The number of rotatable bonds is 8. The van der Waals surface area contributed by atoms with Crippen LogP contribution in [-0.4, -0.2) is 33.2 Å². The molecule has 6 nitrogen and oxygen atoms in total. The number of nitrogens with zero attached hydrogens (tertiary/aromatic N) is 1. The Kier molecular flexibility index (Phi) is 6.79. The van der Waals surface area contributed by atoms with Gasteiger partial charge < -0.3 is 10.1 Å². The van der Waals surface area contributed by atoms with Crippen LogP contribution in [0.25, 0.3) is 0 Å². The van der Waals surface area contributed by atoms with Crippen molar-refractivity contribution in [3.8, 4) is 5.75 Å². The van der Waals surface area contributed by atoms with E-state index in [2.05, 4.69) is 5.32 Å². The molecule has 0 unspecified atom stereocenters. The topological polar surface area (TPSA) is 75.7 Å². The van der Waals surface area contributed by atoms with Crippen molar-refractivity contribution in [3.63, 3.8) is 0 Å². The van der Waals surface area contributed by atoms with Crippen molar-refractivity contribution >= 4 is 21.6 Å². The van der Waals surface area contributed by atoms with E-state index in [1.807, 2.05) is 25.1 Å². The van der Waals surface area contributed by atoms with Crippen LogP contribution in [0.2, 0.25) is 0 Å². The van der Waals surface area contributed by atoms with Gasteiger partial charge in [-0.3, -0.25) is 9.10 Å². The zero-order valence-corrected chi connectivity index (χ0v) is 16.3. The van der Waals surface area contributed by atoms with E-state index in [1.54, 1.807) is 6.07 Å². The number of carbonyl (C=O) groups is 1. The summed E-state index contributed by atoms with van der Waals surface area (Å²) in [5.74, 6) is -0.306. The molecular formula is C19H23FN2O4S. The van der Waals surface area contributed by atoms with E-state index in [9.17, 15) is 17.6 Å². The van der Waals surface area contributed by atoms with Gasteiger partial charge >= 0.3 is 0 Å². The summed E-state index contributed by atoms with van der Waals surface area (Å²) in [4.78, 5) is 12.6. The fourth-order valence-corrected chi connectivity index (χ4v) is 3.85. The average Bonchev–Trinajstić information content (AvgIpc) is 2.61. The maximum Gasteiger partial charge on any atom is 0.243 e. The first-order valence-corrected chi connectivity index (χ1v) is 10.3. The summed E-state index contributed by atoms with van der Waals surface area (Å²) in [6, 6.07) is 11.2. The minimum absolute atomic E-state index is 0.195. The van der Waals surface area contributed by atoms with Gasteiger partial charge in [0.2, 0.25) is 15.9 Å². The number of sulfonamides is 1. The van der Waals surface area contributed by atoms with Gasteiger partial charge in [-0.1, -0.05) is 18.2 Å². The van der Waals surface area contributed by atoms with Gasteiger partial charge in [-0.05, 0) is 44.2 Å². The molecule has 2 rings (SSSR count). The Balaban J connectivity index is 2.17. The minimum Gasteiger partial charge on any atom is -0.494 e. The van der Waals surface area contributed by atoms with Crippen LogP contribution in [0.1, 0.15) is 19.4 Å². The molecule has 2 aromatic carbocycles. The van der Waals surface area contributed by atoms with E-state index in [0.717, 1.165) is 28.3 Å². The van der Waals surface area contributed by atoms with Gasteiger partial charge in [0.05, 0.1) is 18.6 Å². The third-order valence-corrected chi connectivity index (χ3v) is 5.14. The lowest BCUT2D eigenvalue weighted by molar-refractivity contribution is -0.122. The van der Waals surface area contributed by atoms with Crippen molar-refractivity contribution in [2.45, 2.75) is 26.4 Å². The van der Waals surface area contributed by atoms with E-state index in [0.29, 0.717) is 12.4 Å². The Hall–Kier alpha value is -2.61. The van der Waals surface area contributed by atoms with Crippen LogP contribution in [0.5, 0.6) is 5.75 Å². The molecule has 8 heteroatoms. The molecule has 1 N–H and O–H groups in total. The molecule has 1 atom stereocenters. The molecule has 1 amide bonds. The number of ether oxygens (including phenoxy) is 1. The van der Waals surface area contributed by atoms with Crippen molar-refractivity contribution in [2.75, 3.05) is 17.2 Å². The summed E-state index contributed by atoms with van der Waals surface area (Å²) in [5.41, 5.74) is 1.00. The highest BCUT2D eigenvalue weighted by atomic mass is 32.2.